The molecule has 7 nitrogen and oxygen atoms in total. The normalized spacial score (nSPS) is 11.7. The first-order valence-corrected chi connectivity index (χ1v) is 14.5. The lowest BCUT2D eigenvalue weighted by atomic mass is 10.1. The number of hydrogen-bond donors (Lipinski definition) is 1. The quantitative estimate of drug-likeness (QED) is 0.138. The highest BCUT2D eigenvalue weighted by Gasteiger charge is 2.31. The number of alkyl halides is 3. The van der Waals surface area contributed by atoms with Gasteiger partial charge in [-0.1, -0.05) is 71.7 Å². The van der Waals surface area contributed by atoms with Crippen molar-refractivity contribution >= 4 is 35.1 Å². The minimum Gasteiger partial charge on any atom is -0.479 e. The van der Waals surface area contributed by atoms with E-state index in [0.29, 0.717) is 6.07 Å². The molecule has 0 aliphatic carbocycles. The Bertz CT molecular complexity index is 1790. The van der Waals surface area contributed by atoms with Gasteiger partial charge in [0.1, 0.15) is 17.2 Å². The highest BCUT2D eigenvalue weighted by molar-refractivity contribution is 6.33. The van der Waals surface area contributed by atoms with Gasteiger partial charge in [0.05, 0.1) is 28.2 Å². The van der Waals surface area contributed by atoms with Crippen molar-refractivity contribution in [3.8, 4) is 34.0 Å². The molecule has 0 amide bonds. The van der Waals surface area contributed by atoms with Crippen LogP contribution in [-0.2, 0) is 29.8 Å². The monoisotopic (exact) mass is 671 g/mol. The molecule has 0 bridgehead atoms. The van der Waals surface area contributed by atoms with E-state index in [-0.39, 0.29) is 27.1 Å². The van der Waals surface area contributed by atoms with E-state index in [9.17, 15) is 22.8 Å². The zero-order valence-electron chi connectivity index (χ0n) is 24.8. The zero-order chi connectivity index (χ0) is 33.6. The summed E-state index contributed by atoms with van der Waals surface area (Å²) in [4.78, 5) is 22.8. The van der Waals surface area contributed by atoms with Crippen LogP contribution in [0.4, 0.5) is 13.2 Å². The molecular weight excluding hydrogens is 644 g/mol. The highest BCUT2D eigenvalue weighted by Crippen LogP contribution is 2.37. The molecule has 0 aliphatic heterocycles. The molecule has 0 spiro atoms. The summed E-state index contributed by atoms with van der Waals surface area (Å²) >= 11 is 11.7. The Hall–Kier alpha value is -4.80. The Morgan fingerprint density at radius 3 is 2.02 bits per heavy atom. The summed E-state index contributed by atoms with van der Waals surface area (Å²) in [5.74, 6) is -2.39. The van der Waals surface area contributed by atoms with E-state index in [2.05, 4.69) is 78.1 Å². The van der Waals surface area contributed by atoms with Gasteiger partial charge in [-0.05, 0) is 55.5 Å². The number of carbonyl (C=O) groups is 2. The van der Waals surface area contributed by atoms with E-state index < -0.39 is 29.8 Å². The fourth-order valence-corrected chi connectivity index (χ4v) is 4.70. The summed E-state index contributed by atoms with van der Waals surface area (Å²) in [5.41, 5.74) is 3.81. The molecule has 238 valence electrons. The van der Waals surface area contributed by atoms with Crippen LogP contribution in [-0.4, -0.2) is 27.8 Å². The molecule has 46 heavy (non-hydrogen) atoms. The standard InChI is InChI=1S/C17H11Cl2F3O5.C17H17N2/c1-8(15(23)24)26-16(25)11-7-10(3-4-12(11)18)27-14-5-2-9(6-13(14)19)17(20,21)22;1-18-16(14-9-5-3-6-10-14)13-17(19(18)2)15-11-7-4-8-12-15/h2-8H,1H3,(H,23,24);3-13H,1-2H3/q;+1/t8-;/m0./s1. The summed E-state index contributed by atoms with van der Waals surface area (Å²) in [6, 6.07) is 29.5. The maximum absolute atomic E-state index is 12.7. The van der Waals surface area contributed by atoms with Gasteiger partial charge in [0.15, 0.2) is 13.2 Å². The predicted octanol–water partition coefficient (Wildman–Crippen LogP) is 8.62. The summed E-state index contributed by atoms with van der Waals surface area (Å²) in [6.45, 7) is 1.16. The third-order valence-electron chi connectivity index (χ3n) is 6.84. The Balaban J connectivity index is 0.000000221. The van der Waals surface area contributed by atoms with Crippen molar-refractivity contribution in [2.45, 2.75) is 19.2 Å². The summed E-state index contributed by atoms with van der Waals surface area (Å²) in [6.07, 6.45) is -5.96. The molecule has 0 unspecified atom stereocenters. The van der Waals surface area contributed by atoms with Crippen LogP contribution in [0.25, 0.3) is 22.5 Å². The second-order valence-corrected chi connectivity index (χ2v) is 10.8. The number of halogens is 5. The zero-order valence-corrected chi connectivity index (χ0v) is 26.3. The number of hydrogen-bond acceptors (Lipinski definition) is 4. The van der Waals surface area contributed by atoms with Gasteiger partial charge in [-0.25, -0.2) is 9.59 Å². The van der Waals surface area contributed by atoms with Gasteiger partial charge in [0, 0.05) is 17.2 Å². The maximum Gasteiger partial charge on any atom is 0.416 e. The molecular formula is C34H28Cl2F3N2O5+. The fraction of sp³-hybridized carbons (Fsp3) is 0.147. The molecule has 5 rings (SSSR count). The number of aromatic nitrogens is 2. The van der Waals surface area contributed by atoms with Crippen LogP contribution in [0.5, 0.6) is 11.5 Å². The lowest BCUT2D eigenvalue weighted by Gasteiger charge is -2.13. The van der Waals surface area contributed by atoms with Crippen molar-refractivity contribution in [1.82, 2.24) is 4.68 Å². The Labute approximate surface area is 272 Å². The first-order chi connectivity index (χ1) is 21.8. The molecule has 1 aromatic heterocycles. The Kier molecular flexibility index (Phi) is 10.8. The lowest BCUT2D eigenvalue weighted by Crippen LogP contribution is -2.39. The van der Waals surface area contributed by atoms with Gasteiger partial charge in [-0.2, -0.15) is 17.9 Å². The molecule has 12 heteroatoms. The van der Waals surface area contributed by atoms with Crippen LogP contribution in [0, 0.1) is 0 Å². The largest absolute Gasteiger partial charge is 0.479 e. The number of esters is 1. The number of rotatable bonds is 7. The molecule has 5 aromatic rings. The third-order valence-corrected chi connectivity index (χ3v) is 7.46. The highest BCUT2D eigenvalue weighted by atomic mass is 35.5. The van der Waals surface area contributed by atoms with Crippen LogP contribution in [0.3, 0.4) is 0 Å². The molecule has 0 radical (unpaired) electrons. The molecule has 0 saturated heterocycles. The van der Waals surface area contributed by atoms with Gasteiger partial charge in [0.2, 0.25) is 5.69 Å². The van der Waals surface area contributed by atoms with Gasteiger partial charge < -0.3 is 14.6 Å². The first kappa shape index (κ1) is 34.1. The summed E-state index contributed by atoms with van der Waals surface area (Å²) in [7, 11) is 4.18. The second-order valence-electron chi connectivity index (χ2n) is 9.97. The molecule has 1 N–H and O–H groups in total. The van der Waals surface area contributed by atoms with Crippen molar-refractivity contribution < 1.29 is 42.0 Å². The van der Waals surface area contributed by atoms with Crippen LogP contribution < -0.4 is 9.42 Å². The van der Waals surface area contributed by atoms with Gasteiger partial charge in [-0.3, -0.25) is 0 Å². The van der Waals surface area contributed by atoms with Crippen molar-refractivity contribution in [3.63, 3.8) is 0 Å². The molecule has 1 atom stereocenters. The third kappa shape index (κ3) is 8.26. The van der Waals surface area contributed by atoms with Crippen molar-refractivity contribution in [2.75, 3.05) is 0 Å². The molecule has 0 saturated carbocycles. The average molecular weight is 673 g/mol. The van der Waals surface area contributed by atoms with E-state index in [1.165, 1.54) is 34.6 Å². The van der Waals surface area contributed by atoms with Crippen LogP contribution in [0.15, 0.2) is 103 Å². The van der Waals surface area contributed by atoms with Crippen molar-refractivity contribution in [2.24, 2.45) is 14.1 Å². The topological polar surface area (TPSA) is 81.6 Å². The Morgan fingerprint density at radius 1 is 0.848 bits per heavy atom. The van der Waals surface area contributed by atoms with E-state index in [1.807, 2.05) is 12.1 Å². The summed E-state index contributed by atoms with van der Waals surface area (Å²) in [5, 5.41) is 8.46. The molecule has 0 fully saturated rings. The van der Waals surface area contributed by atoms with Crippen LogP contribution in [0.1, 0.15) is 22.8 Å². The SMILES string of the molecule is C[C@H](OC(=O)c1cc(Oc2ccc(C(F)(F)F)cc2Cl)ccc1Cl)C(=O)O.Cn1c(-c2ccccc2)cc(-c2ccccc2)[n+]1C. The number of ether oxygens (including phenoxy) is 2. The number of nitrogens with zero attached hydrogens (tertiary/aromatic N) is 2. The van der Waals surface area contributed by atoms with E-state index in [4.69, 9.17) is 37.8 Å². The average Bonchev–Trinajstić information content (AvgIpc) is 3.33. The van der Waals surface area contributed by atoms with Crippen molar-refractivity contribution in [1.29, 1.82) is 0 Å². The predicted molar refractivity (Wildman–Crippen MR) is 168 cm³/mol. The van der Waals surface area contributed by atoms with Crippen molar-refractivity contribution in [3.05, 3.63) is 124 Å². The number of carboxylic acids is 1. The number of carboxylic acid groups (broad SMARTS) is 1. The lowest BCUT2D eigenvalue weighted by molar-refractivity contribution is -0.740. The molecule has 4 aromatic carbocycles. The van der Waals surface area contributed by atoms with Crippen LogP contribution >= 0.6 is 23.2 Å². The minimum atomic E-state index is -4.56. The van der Waals surface area contributed by atoms with Crippen LogP contribution in [0.2, 0.25) is 10.0 Å². The number of aliphatic carboxylic acids is 1. The van der Waals surface area contributed by atoms with Gasteiger partial charge in [0.25, 0.3) is 0 Å². The Morgan fingerprint density at radius 2 is 1.46 bits per heavy atom. The number of benzene rings is 4. The van der Waals surface area contributed by atoms with E-state index in [1.54, 1.807) is 0 Å². The van der Waals surface area contributed by atoms with Gasteiger partial charge in [-0.15, -0.1) is 4.68 Å². The fourth-order valence-electron chi connectivity index (χ4n) is 4.28. The second kappa shape index (κ2) is 14.5. The molecule has 1 heterocycles. The summed E-state index contributed by atoms with van der Waals surface area (Å²) < 4.78 is 52.5. The van der Waals surface area contributed by atoms with E-state index in [0.717, 1.165) is 25.1 Å². The van der Waals surface area contributed by atoms with Gasteiger partial charge >= 0.3 is 18.1 Å². The maximum atomic E-state index is 12.7. The van der Waals surface area contributed by atoms with E-state index >= 15 is 0 Å². The molecule has 0 aliphatic rings. The first-order valence-electron chi connectivity index (χ1n) is 13.7. The number of carbonyl (C=O) groups excluding carboxylic acids is 1. The minimum absolute atomic E-state index is 0.0246. The smallest absolute Gasteiger partial charge is 0.416 e.